The first-order valence-electron chi connectivity index (χ1n) is 6.00. The lowest BCUT2D eigenvalue weighted by Gasteiger charge is -2.30. The van der Waals surface area contributed by atoms with Gasteiger partial charge in [0.05, 0.1) is 0 Å². The van der Waals surface area contributed by atoms with Gasteiger partial charge in [-0.1, -0.05) is 28.9 Å². The third-order valence-corrected chi connectivity index (χ3v) is 4.40. The van der Waals surface area contributed by atoms with Crippen molar-refractivity contribution in [3.05, 3.63) is 28.2 Å². The predicted molar refractivity (Wildman–Crippen MR) is 77.7 cm³/mol. The third kappa shape index (κ3) is 3.39. The van der Waals surface area contributed by atoms with E-state index in [4.69, 9.17) is 10.5 Å². The Hall–Kier alpha value is -0.190. The fraction of sp³-hybridized carbons (Fsp3) is 0.538. The third-order valence-electron chi connectivity index (χ3n) is 2.97. The minimum absolute atomic E-state index is 0.114. The number of benzene rings is 1. The molecule has 1 aliphatic heterocycles. The van der Waals surface area contributed by atoms with Gasteiger partial charge in [-0.2, -0.15) is 11.8 Å². The summed E-state index contributed by atoms with van der Waals surface area (Å²) in [4.78, 5) is 0. The summed E-state index contributed by atoms with van der Waals surface area (Å²) in [7, 11) is 0. The maximum Gasteiger partial charge on any atom is 0.125 e. The molecule has 0 aliphatic carbocycles. The SMILES string of the molecule is CCSCCC1CC(N)c2ccc(Br)cc2O1. The van der Waals surface area contributed by atoms with Crippen LogP contribution in [0, 0.1) is 0 Å². The summed E-state index contributed by atoms with van der Waals surface area (Å²) in [6, 6.07) is 6.22. The fourth-order valence-electron chi connectivity index (χ4n) is 2.09. The van der Waals surface area contributed by atoms with Gasteiger partial charge in [0.15, 0.2) is 0 Å². The zero-order valence-corrected chi connectivity index (χ0v) is 12.4. The summed E-state index contributed by atoms with van der Waals surface area (Å²) in [5, 5.41) is 0. The molecule has 0 amide bonds. The molecule has 0 bridgehead atoms. The van der Waals surface area contributed by atoms with Crippen molar-refractivity contribution in [2.24, 2.45) is 5.73 Å². The Bertz CT molecular complexity index is 386. The highest BCUT2D eigenvalue weighted by Gasteiger charge is 2.25. The molecular formula is C13H18BrNOS. The summed E-state index contributed by atoms with van der Waals surface area (Å²) >= 11 is 5.43. The van der Waals surface area contributed by atoms with Crippen molar-refractivity contribution in [1.82, 2.24) is 0 Å². The zero-order chi connectivity index (χ0) is 12.3. The Balaban J connectivity index is 2.04. The van der Waals surface area contributed by atoms with E-state index in [-0.39, 0.29) is 12.1 Å². The lowest BCUT2D eigenvalue weighted by atomic mass is 9.96. The van der Waals surface area contributed by atoms with Crippen molar-refractivity contribution in [3.8, 4) is 5.75 Å². The molecular weight excluding hydrogens is 298 g/mol. The van der Waals surface area contributed by atoms with Crippen LogP contribution in [0.1, 0.15) is 31.4 Å². The highest BCUT2D eigenvalue weighted by Crippen LogP contribution is 2.36. The van der Waals surface area contributed by atoms with Crippen LogP contribution in [0.25, 0.3) is 0 Å². The van der Waals surface area contributed by atoms with Gasteiger partial charge >= 0.3 is 0 Å². The van der Waals surface area contributed by atoms with Gasteiger partial charge < -0.3 is 10.5 Å². The normalized spacial score (nSPS) is 23.0. The summed E-state index contributed by atoms with van der Waals surface area (Å²) in [6.45, 7) is 2.19. The van der Waals surface area contributed by atoms with Gasteiger partial charge in [0, 0.05) is 22.5 Å². The van der Waals surface area contributed by atoms with Gasteiger partial charge in [-0.05, 0) is 30.1 Å². The maximum atomic E-state index is 6.19. The van der Waals surface area contributed by atoms with E-state index in [0.29, 0.717) is 0 Å². The number of nitrogens with two attached hydrogens (primary N) is 1. The Kier molecular flexibility index (Phi) is 4.77. The Morgan fingerprint density at radius 2 is 2.35 bits per heavy atom. The van der Waals surface area contributed by atoms with Crippen LogP contribution < -0.4 is 10.5 Å². The van der Waals surface area contributed by atoms with Crippen molar-refractivity contribution in [2.45, 2.75) is 31.9 Å². The molecule has 2 rings (SSSR count). The molecule has 17 heavy (non-hydrogen) atoms. The summed E-state index contributed by atoms with van der Waals surface area (Å²) in [5.41, 5.74) is 7.32. The molecule has 0 saturated carbocycles. The number of hydrogen-bond acceptors (Lipinski definition) is 3. The number of ether oxygens (including phenoxy) is 1. The molecule has 1 heterocycles. The molecule has 4 heteroatoms. The molecule has 0 spiro atoms. The Morgan fingerprint density at radius 3 is 3.12 bits per heavy atom. The number of fused-ring (bicyclic) bond motifs is 1. The second-order valence-corrected chi connectivity index (χ2v) is 6.56. The second kappa shape index (κ2) is 6.12. The number of hydrogen-bond donors (Lipinski definition) is 1. The Labute approximate surface area is 115 Å². The van der Waals surface area contributed by atoms with Crippen LogP contribution in [0.2, 0.25) is 0 Å². The van der Waals surface area contributed by atoms with Crippen LogP contribution >= 0.6 is 27.7 Å². The molecule has 2 N–H and O–H groups in total. The van der Waals surface area contributed by atoms with Crippen molar-refractivity contribution in [3.63, 3.8) is 0 Å². The highest BCUT2D eigenvalue weighted by atomic mass is 79.9. The first-order valence-corrected chi connectivity index (χ1v) is 7.95. The predicted octanol–water partition coefficient (Wildman–Crippen LogP) is 3.74. The second-order valence-electron chi connectivity index (χ2n) is 4.25. The molecule has 0 fully saturated rings. The first-order chi connectivity index (χ1) is 8.20. The van der Waals surface area contributed by atoms with Crippen LogP contribution in [-0.4, -0.2) is 17.6 Å². The quantitative estimate of drug-likeness (QED) is 0.860. The molecule has 2 atom stereocenters. The van der Waals surface area contributed by atoms with E-state index in [2.05, 4.69) is 28.9 Å². The van der Waals surface area contributed by atoms with E-state index in [1.54, 1.807) is 0 Å². The molecule has 94 valence electrons. The van der Waals surface area contributed by atoms with Crippen LogP contribution in [0.15, 0.2) is 22.7 Å². The lowest BCUT2D eigenvalue weighted by Crippen LogP contribution is -2.30. The minimum Gasteiger partial charge on any atom is -0.490 e. The van der Waals surface area contributed by atoms with Crippen LogP contribution in [0.4, 0.5) is 0 Å². The van der Waals surface area contributed by atoms with Gasteiger partial charge in [-0.15, -0.1) is 0 Å². The molecule has 2 unspecified atom stereocenters. The molecule has 1 aromatic rings. The number of thioether (sulfide) groups is 1. The van der Waals surface area contributed by atoms with Crippen molar-refractivity contribution in [2.75, 3.05) is 11.5 Å². The van der Waals surface area contributed by atoms with Crippen molar-refractivity contribution < 1.29 is 4.74 Å². The first kappa shape index (κ1) is 13.2. The highest BCUT2D eigenvalue weighted by molar-refractivity contribution is 9.10. The summed E-state index contributed by atoms with van der Waals surface area (Å²) in [6.07, 6.45) is 2.28. The lowest BCUT2D eigenvalue weighted by molar-refractivity contribution is 0.156. The van der Waals surface area contributed by atoms with E-state index in [9.17, 15) is 0 Å². The average molecular weight is 316 g/mol. The standard InChI is InChI=1S/C13H18BrNOS/c1-2-17-6-5-10-8-12(15)11-4-3-9(14)7-13(11)16-10/h3-4,7,10,12H,2,5-6,8,15H2,1H3. The summed E-state index contributed by atoms with van der Waals surface area (Å²) < 4.78 is 7.05. The van der Waals surface area contributed by atoms with E-state index in [1.807, 2.05) is 23.9 Å². The van der Waals surface area contributed by atoms with E-state index >= 15 is 0 Å². The van der Waals surface area contributed by atoms with Crippen molar-refractivity contribution in [1.29, 1.82) is 0 Å². The smallest absolute Gasteiger partial charge is 0.125 e. The number of halogens is 1. The van der Waals surface area contributed by atoms with Gasteiger partial charge in [0.2, 0.25) is 0 Å². The molecule has 2 nitrogen and oxygen atoms in total. The molecule has 1 aromatic carbocycles. The van der Waals surface area contributed by atoms with Gasteiger partial charge in [0.25, 0.3) is 0 Å². The largest absolute Gasteiger partial charge is 0.490 e. The monoisotopic (exact) mass is 315 g/mol. The molecule has 1 aliphatic rings. The minimum atomic E-state index is 0.114. The van der Waals surface area contributed by atoms with E-state index < -0.39 is 0 Å². The van der Waals surface area contributed by atoms with Crippen LogP contribution in [0.5, 0.6) is 5.75 Å². The van der Waals surface area contributed by atoms with Gasteiger partial charge in [-0.3, -0.25) is 0 Å². The molecule has 0 radical (unpaired) electrons. The fourth-order valence-corrected chi connectivity index (χ4v) is 3.15. The zero-order valence-electron chi connectivity index (χ0n) is 9.99. The van der Waals surface area contributed by atoms with E-state index in [0.717, 1.165) is 34.4 Å². The number of rotatable bonds is 4. The van der Waals surface area contributed by atoms with Crippen molar-refractivity contribution >= 4 is 27.7 Å². The topological polar surface area (TPSA) is 35.2 Å². The maximum absolute atomic E-state index is 6.19. The van der Waals surface area contributed by atoms with Crippen LogP contribution in [-0.2, 0) is 0 Å². The average Bonchev–Trinajstić information content (AvgIpc) is 2.28. The molecule has 0 aromatic heterocycles. The summed E-state index contributed by atoms with van der Waals surface area (Å²) in [5.74, 6) is 3.27. The molecule has 0 saturated heterocycles. The van der Waals surface area contributed by atoms with Crippen LogP contribution in [0.3, 0.4) is 0 Å². The van der Waals surface area contributed by atoms with Gasteiger partial charge in [-0.25, -0.2) is 0 Å². The van der Waals surface area contributed by atoms with Gasteiger partial charge in [0.1, 0.15) is 11.9 Å². The van der Waals surface area contributed by atoms with E-state index in [1.165, 1.54) is 5.75 Å². The Morgan fingerprint density at radius 1 is 1.53 bits per heavy atom.